The lowest BCUT2D eigenvalue weighted by molar-refractivity contribution is -0.253. The summed E-state index contributed by atoms with van der Waals surface area (Å²) in [5.74, 6) is 0. The van der Waals surface area contributed by atoms with E-state index < -0.39 is 0 Å². The van der Waals surface area contributed by atoms with E-state index in [1.807, 2.05) is 30.3 Å². The minimum atomic E-state index is -0.355. The molecule has 0 radical (unpaired) electrons. The van der Waals surface area contributed by atoms with E-state index in [0.29, 0.717) is 13.2 Å². The van der Waals surface area contributed by atoms with Gasteiger partial charge in [0.25, 0.3) is 0 Å². The first-order valence-corrected chi connectivity index (χ1v) is 6.81. The zero-order valence-corrected chi connectivity index (χ0v) is 11.7. The maximum Gasteiger partial charge on any atom is 0.187 e. The van der Waals surface area contributed by atoms with E-state index in [9.17, 15) is 0 Å². The second-order valence-electron chi connectivity index (χ2n) is 5.04. The van der Waals surface area contributed by atoms with Crippen molar-refractivity contribution in [2.75, 3.05) is 20.8 Å². The van der Waals surface area contributed by atoms with Crippen LogP contribution >= 0.6 is 0 Å². The molecule has 2 fully saturated rings. The minimum Gasteiger partial charge on any atom is -0.376 e. The topological polar surface area (TPSA) is 46.2 Å². The van der Waals surface area contributed by atoms with E-state index >= 15 is 0 Å². The number of ether oxygens (including phenoxy) is 5. The number of methoxy groups -OCH3 is 2. The summed E-state index contributed by atoms with van der Waals surface area (Å²) in [7, 11) is 3.30. The quantitative estimate of drug-likeness (QED) is 0.815. The van der Waals surface area contributed by atoms with Crippen LogP contribution in [0.25, 0.3) is 0 Å². The lowest BCUT2D eigenvalue weighted by atomic mass is 10.0. The number of fused-ring (bicyclic) bond motifs is 2. The van der Waals surface area contributed by atoms with Gasteiger partial charge in [0.2, 0.25) is 0 Å². The van der Waals surface area contributed by atoms with E-state index in [4.69, 9.17) is 23.7 Å². The molecule has 0 N–H and O–H groups in total. The zero-order chi connectivity index (χ0) is 13.9. The van der Waals surface area contributed by atoms with Crippen LogP contribution in [-0.4, -0.2) is 51.5 Å². The number of hydrogen-bond acceptors (Lipinski definition) is 5. The summed E-state index contributed by atoms with van der Waals surface area (Å²) in [5.41, 5.74) is 1.12. The molecule has 5 atom stereocenters. The third-order valence-corrected chi connectivity index (χ3v) is 3.85. The third-order valence-electron chi connectivity index (χ3n) is 3.85. The molecule has 1 aromatic carbocycles. The van der Waals surface area contributed by atoms with Crippen LogP contribution in [0.2, 0.25) is 0 Å². The maximum absolute atomic E-state index is 6.02. The van der Waals surface area contributed by atoms with Gasteiger partial charge in [-0.1, -0.05) is 30.3 Å². The highest BCUT2D eigenvalue weighted by molar-refractivity contribution is 5.13. The summed E-state index contributed by atoms with van der Waals surface area (Å²) < 4.78 is 28.4. The van der Waals surface area contributed by atoms with Crippen molar-refractivity contribution in [1.82, 2.24) is 0 Å². The number of hydrogen-bond donors (Lipinski definition) is 0. The van der Waals surface area contributed by atoms with Crippen LogP contribution in [0, 0.1) is 0 Å². The molecule has 5 heteroatoms. The highest BCUT2D eigenvalue weighted by Gasteiger charge is 2.52. The molecular formula is C15H20O5. The van der Waals surface area contributed by atoms with Gasteiger partial charge >= 0.3 is 0 Å². The molecule has 110 valence electrons. The first-order chi connectivity index (χ1) is 9.83. The van der Waals surface area contributed by atoms with Gasteiger partial charge in [-0.25, -0.2) is 0 Å². The van der Waals surface area contributed by atoms with Gasteiger partial charge in [-0.2, -0.15) is 0 Å². The Morgan fingerprint density at radius 3 is 2.50 bits per heavy atom. The Kier molecular flexibility index (Phi) is 4.33. The van der Waals surface area contributed by atoms with Crippen molar-refractivity contribution < 1.29 is 23.7 Å². The standard InChI is InChI=1S/C15H20O5/c1-16-13-12(18-8-10-6-4-3-5-7-10)11-9-19-15(20-11)14(13)17-2/h3-7,11-15H,8-9H2,1-2H3/t11-,12-,13+,14-,15-/m1/s1. The van der Waals surface area contributed by atoms with Crippen molar-refractivity contribution in [3.05, 3.63) is 35.9 Å². The van der Waals surface area contributed by atoms with Crippen LogP contribution in [0.3, 0.4) is 0 Å². The molecule has 0 aliphatic carbocycles. The van der Waals surface area contributed by atoms with Crippen LogP contribution in [-0.2, 0) is 30.3 Å². The van der Waals surface area contributed by atoms with Crippen molar-refractivity contribution >= 4 is 0 Å². The van der Waals surface area contributed by atoms with Gasteiger partial charge in [0.15, 0.2) is 6.29 Å². The van der Waals surface area contributed by atoms with E-state index in [-0.39, 0.29) is 30.7 Å². The second-order valence-corrected chi connectivity index (χ2v) is 5.04. The minimum absolute atomic E-state index is 0.0972. The van der Waals surface area contributed by atoms with Crippen molar-refractivity contribution in [1.29, 1.82) is 0 Å². The highest BCUT2D eigenvalue weighted by Crippen LogP contribution is 2.33. The average Bonchev–Trinajstić information content (AvgIpc) is 2.92. The Hall–Kier alpha value is -0.980. The highest BCUT2D eigenvalue weighted by atomic mass is 16.8. The molecule has 2 aliphatic heterocycles. The fourth-order valence-corrected chi connectivity index (χ4v) is 2.82. The predicted molar refractivity (Wildman–Crippen MR) is 71.2 cm³/mol. The van der Waals surface area contributed by atoms with Crippen molar-refractivity contribution in [3.8, 4) is 0 Å². The van der Waals surface area contributed by atoms with Crippen LogP contribution in [0.4, 0.5) is 0 Å². The normalized spacial score (nSPS) is 36.2. The molecule has 2 heterocycles. The summed E-state index contributed by atoms with van der Waals surface area (Å²) in [6, 6.07) is 10.1. The maximum atomic E-state index is 6.02. The Morgan fingerprint density at radius 1 is 1.05 bits per heavy atom. The summed E-state index contributed by atoms with van der Waals surface area (Å²) in [5, 5.41) is 0. The molecule has 0 saturated carbocycles. The van der Waals surface area contributed by atoms with Crippen LogP contribution in [0.1, 0.15) is 5.56 Å². The van der Waals surface area contributed by atoms with Crippen LogP contribution in [0.5, 0.6) is 0 Å². The average molecular weight is 280 g/mol. The van der Waals surface area contributed by atoms with E-state index in [2.05, 4.69) is 0 Å². The molecule has 0 unspecified atom stereocenters. The Bertz CT molecular complexity index is 424. The Labute approximate surface area is 118 Å². The van der Waals surface area contributed by atoms with E-state index in [1.54, 1.807) is 14.2 Å². The van der Waals surface area contributed by atoms with Crippen molar-refractivity contribution in [2.24, 2.45) is 0 Å². The van der Waals surface area contributed by atoms with Gasteiger partial charge in [-0.15, -0.1) is 0 Å². The Morgan fingerprint density at radius 2 is 1.80 bits per heavy atom. The lowest BCUT2D eigenvalue weighted by Crippen LogP contribution is -2.56. The van der Waals surface area contributed by atoms with Gasteiger partial charge in [-0.3, -0.25) is 0 Å². The molecule has 0 aromatic heterocycles. The molecule has 20 heavy (non-hydrogen) atoms. The molecule has 2 aliphatic rings. The zero-order valence-electron chi connectivity index (χ0n) is 11.7. The van der Waals surface area contributed by atoms with Gasteiger partial charge in [0.05, 0.1) is 13.2 Å². The van der Waals surface area contributed by atoms with Gasteiger partial charge in [0, 0.05) is 14.2 Å². The monoisotopic (exact) mass is 280 g/mol. The van der Waals surface area contributed by atoms with Crippen molar-refractivity contribution in [2.45, 2.75) is 37.3 Å². The van der Waals surface area contributed by atoms with E-state index in [1.165, 1.54) is 0 Å². The molecule has 1 aromatic rings. The molecule has 0 spiro atoms. The first-order valence-electron chi connectivity index (χ1n) is 6.81. The predicted octanol–water partition coefficient (Wildman–Crippen LogP) is 1.36. The summed E-state index contributed by atoms with van der Waals surface area (Å²) >= 11 is 0. The Balaban J connectivity index is 1.69. The SMILES string of the molecule is CO[C@@H]1[C@@H](OC)[C@@H]2OC[C@@H](O2)[C@H]1OCc1ccccc1. The van der Waals surface area contributed by atoms with Gasteiger partial charge < -0.3 is 23.7 Å². The molecule has 2 bridgehead atoms. The molecular weight excluding hydrogens is 260 g/mol. The van der Waals surface area contributed by atoms with Gasteiger partial charge in [0.1, 0.15) is 24.4 Å². The third kappa shape index (κ3) is 2.60. The fraction of sp³-hybridized carbons (Fsp3) is 0.600. The summed E-state index contributed by atoms with van der Waals surface area (Å²) in [4.78, 5) is 0. The largest absolute Gasteiger partial charge is 0.376 e. The number of rotatable bonds is 5. The number of benzene rings is 1. The van der Waals surface area contributed by atoms with Gasteiger partial charge in [-0.05, 0) is 5.56 Å². The lowest BCUT2D eigenvalue weighted by Gasteiger charge is -2.39. The van der Waals surface area contributed by atoms with Crippen molar-refractivity contribution in [3.63, 3.8) is 0 Å². The van der Waals surface area contributed by atoms with Crippen LogP contribution in [0.15, 0.2) is 30.3 Å². The summed E-state index contributed by atoms with van der Waals surface area (Å²) in [6.45, 7) is 1.04. The fourth-order valence-electron chi connectivity index (χ4n) is 2.82. The smallest absolute Gasteiger partial charge is 0.187 e. The molecule has 5 nitrogen and oxygen atoms in total. The van der Waals surface area contributed by atoms with Crippen LogP contribution < -0.4 is 0 Å². The summed E-state index contributed by atoms with van der Waals surface area (Å²) in [6.07, 6.45) is -1.09. The first kappa shape index (κ1) is 14.0. The van der Waals surface area contributed by atoms with E-state index in [0.717, 1.165) is 5.56 Å². The molecule has 3 rings (SSSR count). The molecule has 0 amide bonds. The molecule has 2 saturated heterocycles. The second kappa shape index (κ2) is 6.20.